The molecule has 0 amide bonds. The molecule has 0 atom stereocenters. The third-order valence-corrected chi connectivity index (χ3v) is 4.37. The zero-order valence-corrected chi connectivity index (χ0v) is 14.2. The molecular formula is C22H22O2. The SMILES string of the molecule is CCC(=O)CCc1oc(-c2ccccc2)c(-c2ccccc2)c1C. The van der Waals surface area contributed by atoms with Gasteiger partial charge in [0.2, 0.25) is 0 Å². The minimum absolute atomic E-state index is 0.272. The highest BCUT2D eigenvalue weighted by Crippen LogP contribution is 2.39. The third kappa shape index (κ3) is 3.33. The van der Waals surface area contributed by atoms with E-state index in [1.54, 1.807) is 0 Å². The van der Waals surface area contributed by atoms with E-state index in [9.17, 15) is 4.79 Å². The van der Waals surface area contributed by atoms with Gasteiger partial charge in [-0.3, -0.25) is 4.79 Å². The summed E-state index contributed by atoms with van der Waals surface area (Å²) < 4.78 is 6.23. The van der Waals surface area contributed by atoms with Crippen LogP contribution in [0.1, 0.15) is 31.1 Å². The Morgan fingerprint density at radius 3 is 2.08 bits per heavy atom. The van der Waals surface area contributed by atoms with Gasteiger partial charge in [-0.1, -0.05) is 67.6 Å². The zero-order chi connectivity index (χ0) is 16.9. The molecule has 0 saturated carbocycles. The summed E-state index contributed by atoms with van der Waals surface area (Å²) in [7, 11) is 0. The van der Waals surface area contributed by atoms with E-state index >= 15 is 0 Å². The Labute approximate surface area is 143 Å². The molecule has 0 aliphatic rings. The first-order valence-corrected chi connectivity index (χ1v) is 8.45. The van der Waals surface area contributed by atoms with E-state index in [1.807, 2.05) is 43.3 Å². The molecule has 0 saturated heterocycles. The van der Waals surface area contributed by atoms with Gasteiger partial charge in [-0.05, 0) is 18.1 Å². The molecule has 0 unspecified atom stereocenters. The van der Waals surface area contributed by atoms with Crippen molar-refractivity contribution < 1.29 is 9.21 Å². The molecule has 122 valence electrons. The predicted octanol–water partition coefficient (Wildman–Crippen LogP) is 5.83. The Hall–Kier alpha value is -2.61. The normalized spacial score (nSPS) is 10.8. The Morgan fingerprint density at radius 2 is 1.50 bits per heavy atom. The number of carbonyl (C=O) groups excluding carboxylic acids is 1. The van der Waals surface area contributed by atoms with E-state index in [4.69, 9.17) is 4.42 Å². The maximum atomic E-state index is 11.7. The van der Waals surface area contributed by atoms with Gasteiger partial charge in [-0.2, -0.15) is 0 Å². The summed E-state index contributed by atoms with van der Waals surface area (Å²) in [4.78, 5) is 11.7. The number of benzene rings is 2. The lowest BCUT2D eigenvalue weighted by Gasteiger charge is -2.04. The highest BCUT2D eigenvalue weighted by atomic mass is 16.3. The molecule has 3 aromatic rings. The first-order valence-electron chi connectivity index (χ1n) is 8.45. The molecular weight excluding hydrogens is 296 g/mol. The first kappa shape index (κ1) is 16.3. The Balaban J connectivity index is 2.08. The van der Waals surface area contributed by atoms with Crippen molar-refractivity contribution in [1.29, 1.82) is 0 Å². The van der Waals surface area contributed by atoms with Gasteiger partial charge in [-0.15, -0.1) is 0 Å². The van der Waals surface area contributed by atoms with Crippen molar-refractivity contribution in [3.63, 3.8) is 0 Å². The van der Waals surface area contributed by atoms with Crippen LogP contribution in [0.5, 0.6) is 0 Å². The second-order valence-electron chi connectivity index (χ2n) is 5.98. The van der Waals surface area contributed by atoms with Crippen molar-refractivity contribution in [3.8, 4) is 22.5 Å². The standard InChI is InChI=1S/C22H22O2/c1-3-19(23)14-15-20-16(2)21(17-10-6-4-7-11-17)22(24-20)18-12-8-5-9-13-18/h4-13H,3,14-15H2,1-2H3. The summed E-state index contributed by atoms with van der Waals surface area (Å²) in [6.45, 7) is 3.99. The van der Waals surface area contributed by atoms with Crippen molar-refractivity contribution in [2.45, 2.75) is 33.1 Å². The second kappa shape index (κ2) is 7.31. The number of furan rings is 1. The summed E-state index contributed by atoms with van der Waals surface area (Å²) in [5, 5.41) is 0. The van der Waals surface area contributed by atoms with Crippen LogP contribution in [0.3, 0.4) is 0 Å². The minimum Gasteiger partial charge on any atom is -0.460 e. The van der Waals surface area contributed by atoms with Gasteiger partial charge in [0.1, 0.15) is 17.3 Å². The number of rotatable bonds is 6. The van der Waals surface area contributed by atoms with Crippen LogP contribution in [0.25, 0.3) is 22.5 Å². The van der Waals surface area contributed by atoms with Gasteiger partial charge < -0.3 is 4.42 Å². The smallest absolute Gasteiger partial charge is 0.142 e. The quantitative estimate of drug-likeness (QED) is 0.572. The van der Waals surface area contributed by atoms with Gasteiger partial charge in [0.25, 0.3) is 0 Å². The molecule has 3 rings (SSSR count). The van der Waals surface area contributed by atoms with Crippen molar-refractivity contribution in [2.75, 3.05) is 0 Å². The largest absolute Gasteiger partial charge is 0.460 e. The van der Waals surface area contributed by atoms with Crippen LogP contribution in [0.15, 0.2) is 65.1 Å². The summed E-state index contributed by atoms with van der Waals surface area (Å²) in [6.07, 6.45) is 1.77. The number of hydrogen-bond donors (Lipinski definition) is 0. The fraction of sp³-hybridized carbons (Fsp3) is 0.227. The molecule has 0 radical (unpaired) electrons. The lowest BCUT2D eigenvalue weighted by Crippen LogP contribution is -1.97. The molecule has 0 spiro atoms. The fourth-order valence-corrected chi connectivity index (χ4v) is 2.97. The number of Topliss-reactive ketones (excluding diaryl/α,β-unsaturated/α-hetero) is 1. The Kier molecular flexibility index (Phi) is 4.95. The first-order chi connectivity index (χ1) is 11.7. The minimum atomic E-state index is 0.272. The number of hydrogen-bond acceptors (Lipinski definition) is 2. The van der Waals surface area contributed by atoms with Gasteiger partial charge in [0.05, 0.1) is 0 Å². The zero-order valence-electron chi connectivity index (χ0n) is 14.2. The highest BCUT2D eigenvalue weighted by Gasteiger charge is 2.20. The number of aryl methyl sites for hydroxylation is 1. The van der Waals surface area contributed by atoms with Crippen molar-refractivity contribution in [2.24, 2.45) is 0 Å². The molecule has 1 aromatic heterocycles. The molecule has 2 nitrogen and oxygen atoms in total. The molecule has 0 N–H and O–H groups in total. The maximum absolute atomic E-state index is 11.7. The monoisotopic (exact) mass is 318 g/mol. The van der Waals surface area contributed by atoms with Crippen LogP contribution < -0.4 is 0 Å². The van der Waals surface area contributed by atoms with E-state index in [0.717, 1.165) is 33.8 Å². The highest BCUT2D eigenvalue weighted by molar-refractivity contribution is 5.83. The second-order valence-corrected chi connectivity index (χ2v) is 5.98. The summed E-state index contributed by atoms with van der Waals surface area (Å²) >= 11 is 0. The van der Waals surface area contributed by atoms with Crippen LogP contribution in [-0.2, 0) is 11.2 Å². The van der Waals surface area contributed by atoms with E-state index < -0.39 is 0 Å². The summed E-state index contributed by atoms with van der Waals surface area (Å²) in [6, 6.07) is 20.5. The predicted molar refractivity (Wildman–Crippen MR) is 97.9 cm³/mol. The number of ketones is 1. The molecule has 0 aliphatic heterocycles. The fourth-order valence-electron chi connectivity index (χ4n) is 2.97. The van der Waals surface area contributed by atoms with Gasteiger partial charge in [0.15, 0.2) is 0 Å². The summed E-state index contributed by atoms with van der Waals surface area (Å²) in [5.74, 6) is 2.07. The van der Waals surface area contributed by atoms with Crippen LogP contribution in [0.4, 0.5) is 0 Å². The van der Waals surface area contributed by atoms with E-state index in [-0.39, 0.29) is 5.78 Å². The molecule has 1 heterocycles. The molecule has 0 bridgehead atoms. The van der Waals surface area contributed by atoms with Gasteiger partial charge >= 0.3 is 0 Å². The molecule has 0 fully saturated rings. The van der Waals surface area contributed by atoms with Crippen molar-refractivity contribution >= 4 is 5.78 Å². The Bertz CT molecular complexity index is 814. The third-order valence-electron chi connectivity index (χ3n) is 4.37. The maximum Gasteiger partial charge on any atom is 0.142 e. The molecule has 2 aromatic carbocycles. The Morgan fingerprint density at radius 1 is 0.917 bits per heavy atom. The lowest BCUT2D eigenvalue weighted by molar-refractivity contribution is -0.118. The van der Waals surface area contributed by atoms with E-state index in [0.29, 0.717) is 19.3 Å². The lowest BCUT2D eigenvalue weighted by atomic mass is 9.97. The molecule has 24 heavy (non-hydrogen) atoms. The number of carbonyl (C=O) groups is 1. The van der Waals surface area contributed by atoms with Gasteiger partial charge in [-0.25, -0.2) is 0 Å². The van der Waals surface area contributed by atoms with E-state index in [2.05, 4.69) is 31.2 Å². The van der Waals surface area contributed by atoms with Crippen molar-refractivity contribution in [3.05, 3.63) is 72.0 Å². The van der Waals surface area contributed by atoms with Crippen LogP contribution in [0, 0.1) is 6.92 Å². The average Bonchev–Trinajstić information content (AvgIpc) is 2.97. The topological polar surface area (TPSA) is 30.2 Å². The van der Waals surface area contributed by atoms with Crippen LogP contribution in [0.2, 0.25) is 0 Å². The van der Waals surface area contributed by atoms with E-state index in [1.165, 1.54) is 0 Å². The molecule has 0 aliphatic carbocycles. The van der Waals surface area contributed by atoms with Crippen LogP contribution in [-0.4, -0.2) is 5.78 Å². The van der Waals surface area contributed by atoms with Crippen molar-refractivity contribution in [1.82, 2.24) is 0 Å². The summed E-state index contributed by atoms with van der Waals surface area (Å²) in [5.41, 5.74) is 4.46. The van der Waals surface area contributed by atoms with Crippen LogP contribution >= 0.6 is 0 Å². The average molecular weight is 318 g/mol. The molecule has 2 heteroatoms. The van der Waals surface area contributed by atoms with Gasteiger partial charge in [0, 0.05) is 30.4 Å².